The van der Waals surface area contributed by atoms with E-state index in [9.17, 15) is 0 Å². The van der Waals surface area contributed by atoms with Gasteiger partial charge in [0.25, 0.3) is 0 Å². The van der Waals surface area contributed by atoms with E-state index in [0.29, 0.717) is 0 Å². The molecule has 0 saturated carbocycles. The van der Waals surface area contributed by atoms with Gasteiger partial charge in [0.2, 0.25) is 0 Å². The van der Waals surface area contributed by atoms with E-state index in [0.717, 1.165) is 11.2 Å². The molecule has 0 N–H and O–H groups in total. The lowest BCUT2D eigenvalue weighted by Gasteiger charge is -2.34. The Morgan fingerprint density at radius 3 is 1.45 bits per heavy atom. The van der Waals surface area contributed by atoms with E-state index in [1.54, 1.807) is 7.11 Å². The minimum absolute atomic E-state index is 0. The molecule has 0 aromatic carbocycles. The third-order valence-corrected chi connectivity index (χ3v) is 2.42. The van der Waals surface area contributed by atoms with Crippen LogP contribution in [-0.4, -0.2) is 38.0 Å². The van der Waals surface area contributed by atoms with E-state index in [-0.39, 0.29) is 17.0 Å². The van der Waals surface area contributed by atoms with Crippen LogP contribution in [0.5, 0.6) is 0 Å². The summed E-state index contributed by atoms with van der Waals surface area (Å²) in [4.78, 5) is 0. The predicted molar refractivity (Wildman–Crippen MR) is 43.8 cm³/mol. The number of rotatable bonds is 5. The van der Waals surface area contributed by atoms with E-state index in [1.165, 1.54) is 19.6 Å². The van der Waals surface area contributed by atoms with E-state index < -0.39 is 0 Å². The van der Waals surface area contributed by atoms with E-state index >= 15 is 0 Å². The van der Waals surface area contributed by atoms with Crippen molar-refractivity contribution >= 4 is 0 Å². The molecule has 0 rings (SSSR count). The van der Waals surface area contributed by atoms with Crippen LogP contribution in [0.3, 0.4) is 0 Å². The number of hydrogen-bond acceptors (Lipinski definition) is 1. The molecule has 0 aliphatic carbocycles. The van der Waals surface area contributed by atoms with Gasteiger partial charge in [-0.1, -0.05) is 0 Å². The van der Waals surface area contributed by atoms with Crippen molar-refractivity contribution in [3.8, 4) is 0 Å². The fourth-order valence-corrected chi connectivity index (χ4v) is 1.22. The second kappa shape index (κ2) is 7.07. The van der Waals surface area contributed by atoms with Crippen molar-refractivity contribution < 1.29 is 26.2 Å². The van der Waals surface area contributed by atoms with Crippen LogP contribution in [0.1, 0.15) is 20.8 Å². The molecular weight excluding hydrogens is 206 g/mol. The summed E-state index contributed by atoms with van der Waals surface area (Å²) in [7, 11) is 1.77. The van der Waals surface area contributed by atoms with Crippen LogP contribution in [0.2, 0.25) is 0 Å². The molecule has 0 fully saturated rings. The Hall–Kier alpha value is 0.400. The van der Waals surface area contributed by atoms with Gasteiger partial charge in [0.15, 0.2) is 6.73 Å². The highest BCUT2D eigenvalue weighted by Crippen LogP contribution is 2.04. The largest absolute Gasteiger partial charge is 1.00 e. The SMILES string of the molecule is CC[N+](CC)(CC)COC.[Br-]. The van der Waals surface area contributed by atoms with Crippen molar-refractivity contribution in [3.05, 3.63) is 0 Å². The lowest BCUT2D eigenvalue weighted by atomic mass is 10.4. The van der Waals surface area contributed by atoms with Crippen LogP contribution < -0.4 is 17.0 Å². The summed E-state index contributed by atoms with van der Waals surface area (Å²) in [5.74, 6) is 0. The zero-order valence-corrected chi connectivity index (χ0v) is 9.65. The molecule has 3 heteroatoms. The molecule has 0 amide bonds. The molecule has 0 saturated heterocycles. The third kappa shape index (κ3) is 4.09. The van der Waals surface area contributed by atoms with Gasteiger partial charge in [0.05, 0.1) is 19.6 Å². The van der Waals surface area contributed by atoms with Gasteiger partial charge >= 0.3 is 0 Å². The minimum Gasteiger partial charge on any atom is -1.00 e. The van der Waals surface area contributed by atoms with Gasteiger partial charge in [-0.15, -0.1) is 0 Å². The van der Waals surface area contributed by atoms with Crippen LogP contribution in [0.25, 0.3) is 0 Å². The van der Waals surface area contributed by atoms with E-state index in [2.05, 4.69) is 20.8 Å². The number of quaternary nitrogens is 1. The van der Waals surface area contributed by atoms with Gasteiger partial charge in [0.1, 0.15) is 0 Å². The Kier molecular flexibility index (Phi) is 8.97. The summed E-state index contributed by atoms with van der Waals surface area (Å²) < 4.78 is 6.23. The van der Waals surface area contributed by atoms with Gasteiger partial charge in [-0.25, -0.2) is 0 Å². The molecule has 0 aromatic rings. The quantitative estimate of drug-likeness (QED) is 0.408. The predicted octanol–water partition coefficient (Wildman–Crippen LogP) is -1.53. The maximum Gasteiger partial charge on any atom is 0.182 e. The highest BCUT2D eigenvalue weighted by molar-refractivity contribution is 4.28. The standard InChI is InChI=1S/C8H20NO.BrH/c1-5-9(6-2,7-3)8-10-4;/h5-8H2,1-4H3;1H/q+1;/p-1. The van der Waals surface area contributed by atoms with Gasteiger partial charge in [-0.2, -0.15) is 0 Å². The molecule has 0 aliphatic heterocycles. The highest BCUT2D eigenvalue weighted by Gasteiger charge is 2.19. The van der Waals surface area contributed by atoms with E-state index in [4.69, 9.17) is 4.74 Å². The number of methoxy groups -OCH3 is 1. The fourth-order valence-electron chi connectivity index (χ4n) is 1.22. The van der Waals surface area contributed by atoms with Gasteiger partial charge in [-0.05, 0) is 20.8 Å². The molecule has 0 aliphatic rings. The summed E-state index contributed by atoms with van der Waals surface area (Å²) in [5, 5.41) is 0. The Bertz CT molecular complexity index is 75.9. The molecule has 0 aromatic heterocycles. The first-order valence-corrected chi connectivity index (χ1v) is 4.08. The molecule has 70 valence electrons. The fraction of sp³-hybridized carbons (Fsp3) is 1.00. The van der Waals surface area contributed by atoms with Crippen molar-refractivity contribution in [2.24, 2.45) is 0 Å². The maximum atomic E-state index is 5.15. The Labute approximate surface area is 80.9 Å². The van der Waals surface area contributed by atoms with Crippen LogP contribution in [-0.2, 0) is 4.74 Å². The average molecular weight is 226 g/mol. The summed E-state index contributed by atoms with van der Waals surface area (Å²) >= 11 is 0. The zero-order chi connectivity index (χ0) is 8.04. The molecule has 0 unspecified atom stereocenters. The summed E-state index contributed by atoms with van der Waals surface area (Å²) in [5.41, 5.74) is 0. The number of hydrogen-bond donors (Lipinski definition) is 0. The Balaban J connectivity index is 0. The van der Waals surface area contributed by atoms with E-state index in [1.807, 2.05) is 0 Å². The minimum atomic E-state index is 0. The Morgan fingerprint density at radius 1 is 1.00 bits per heavy atom. The van der Waals surface area contributed by atoms with Gasteiger partial charge in [-0.3, -0.25) is 0 Å². The second-order valence-corrected chi connectivity index (χ2v) is 2.71. The van der Waals surface area contributed by atoms with Crippen molar-refractivity contribution in [1.82, 2.24) is 0 Å². The molecule has 0 heterocycles. The first kappa shape index (κ1) is 14.0. The number of nitrogens with zero attached hydrogens (tertiary/aromatic N) is 1. The zero-order valence-electron chi connectivity index (χ0n) is 8.06. The van der Waals surface area contributed by atoms with Gasteiger partial charge < -0.3 is 26.2 Å². The van der Waals surface area contributed by atoms with Crippen molar-refractivity contribution in [1.29, 1.82) is 0 Å². The smallest absolute Gasteiger partial charge is 0.182 e. The first-order chi connectivity index (χ1) is 4.74. The summed E-state index contributed by atoms with van der Waals surface area (Å²) in [6, 6.07) is 0. The molecule has 2 nitrogen and oxygen atoms in total. The Morgan fingerprint density at radius 2 is 1.36 bits per heavy atom. The van der Waals surface area contributed by atoms with Crippen molar-refractivity contribution in [2.75, 3.05) is 33.5 Å². The first-order valence-electron chi connectivity index (χ1n) is 4.08. The third-order valence-electron chi connectivity index (χ3n) is 2.42. The average Bonchev–Trinajstić information content (AvgIpc) is 2.01. The van der Waals surface area contributed by atoms with Crippen molar-refractivity contribution in [3.63, 3.8) is 0 Å². The van der Waals surface area contributed by atoms with Crippen LogP contribution in [0, 0.1) is 0 Å². The monoisotopic (exact) mass is 225 g/mol. The second-order valence-electron chi connectivity index (χ2n) is 2.71. The normalized spacial score (nSPS) is 10.9. The highest BCUT2D eigenvalue weighted by atomic mass is 79.9. The molecule has 0 spiro atoms. The van der Waals surface area contributed by atoms with Gasteiger partial charge in [0, 0.05) is 7.11 Å². The van der Waals surface area contributed by atoms with Crippen LogP contribution in [0.15, 0.2) is 0 Å². The van der Waals surface area contributed by atoms with Crippen LogP contribution in [0.4, 0.5) is 0 Å². The lowest BCUT2D eigenvalue weighted by Crippen LogP contribution is -3.00. The van der Waals surface area contributed by atoms with Crippen molar-refractivity contribution in [2.45, 2.75) is 20.8 Å². The summed E-state index contributed by atoms with van der Waals surface area (Å²) in [6.45, 7) is 11.0. The molecular formula is C8H20BrNO. The number of ether oxygens (including phenoxy) is 1. The molecule has 11 heavy (non-hydrogen) atoms. The topological polar surface area (TPSA) is 9.23 Å². The maximum absolute atomic E-state index is 5.15. The van der Waals surface area contributed by atoms with Crippen LogP contribution >= 0.6 is 0 Å². The lowest BCUT2D eigenvalue weighted by molar-refractivity contribution is -0.940. The number of halogens is 1. The molecule has 0 bridgehead atoms. The summed E-state index contributed by atoms with van der Waals surface area (Å²) in [6.07, 6.45) is 0. The molecule has 0 radical (unpaired) electrons. The molecule has 0 atom stereocenters.